The van der Waals surface area contributed by atoms with Crippen LogP contribution in [-0.2, 0) is 0 Å². The van der Waals surface area contributed by atoms with Crippen LogP contribution < -0.4 is 0 Å². The Hall–Kier alpha value is -0.810. The molecule has 1 aliphatic heterocycles. The van der Waals surface area contributed by atoms with Gasteiger partial charge in [0.1, 0.15) is 5.15 Å². The molecule has 1 saturated heterocycles. The molecule has 0 spiro atoms. The Kier molecular flexibility index (Phi) is 4.36. The van der Waals surface area contributed by atoms with Crippen LogP contribution in [0.15, 0.2) is 18.3 Å². The van der Waals surface area contributed by atoms with Gasteiger partial charge in [0.2, 0.25) is 0 Å². The number of hydrogen-bond donors (Lipinski definition) is 0. The molecule has 6 heteroatoms. The molecule has 1 unspecified atom stereocenters. The predicted octanol–water partition coefficient (Wildman–Crippen LogP) is 4.07. The molecule has 0 bridgehead atoms. The highest BCUT2D eigenvalue weighted by molar-refractivity contribution is 6.29. The molecule has 2 heterocycles. The second-order valence-electron chi connectivity index (χ2n) is 4.94. The van der Waals surface area contributed by atoms with Gasteiger partial charge in [0, 0.05) is 12.2 Å². The van der Waals surface area contributed by atoms with Crippen LogP contribution in [0, 0.1) is 5.92 Å². The molecule has 0 N–H and O–H groups in total. The van der Waals surface area contributed by atoms with Gasteiger partial charge in [-0.05, 0) is 44.5 Å². The normalized spacial score (nSPS) is 20.5. The largest absolute Gasteiger partial charge is 0.391 e. The lowest BCUT2D eigenvalue weighted by molar-refractivity contribution is -0.186. The smallest absolute Gasteiger partial charge is 0.297 e. The monoisotopic (exact) mass is 292 g/mol. The van der Waals surface area contributed by atoms with Crippen molar-refractivity contribution in [3.05, 3.63) is 29.0 Å². The highest BCUT2D eigenvalue weighted by Crippen LogP contribution is 2.36. The maximum atomic E-state index is 12.6. The first-order valence-corrected chi connectivity index (χ1v) is 6.68. The van der Waals surface area contributed by atoms with Gasteiger partial charge in [-0.25, -0.2) is 4.98 Å². The van der Waals surface area contributed by atoms with E-state index in [2.05, 4.69) is 9.88 Å². The number of halogens is 4. The first-order valence-electron chi connectivity index (χ1n) is 6.30. The topological polar surface area (TPSA) is 16.1 Å². The average Bonchev–Trinajstić information content (AvgIpc) is 2.38. The van der Waals surface area contributed by atoms with E-state index in [9.17, 15) is 13.2 Å². The van der Waals surface area contributed by atoms with E-state index in [-0.39, 0.29) is 18.9 Å². The Morgan fingerprint density at radius 2 is 1.95 bits per heavy atom. The molecule has 0 aliphatic carbocycles. The molecule has 0 radical (unpaired) electrons. The molecule has 0 aromatic carbocycles. The Balaban J connectivity index is 1.96. The third-order valence-electron chi connectivity index (χ3n) is 3.77. The second-order valence-corrected chi connectivity index (χ2v) is 5.33. The number of nitrogens with zero attached hydrogens (tertiary/aromatic N) is 2. The fourth-order valence-electron chi connectivity index (χ4n) is 2.46. The molecule has 2 nitrogen and oxygen atoms in total. The van der Waals surface area contributed by atoms with Crippen LogP contribution in [0.3, 0.4) is 0 Å². The van der Waals surface area contributed by atoms with Crippen molar-refractivity contribution in [3.8, 4) is 0 Å². The van der Waals surface area contributed by atoms with Crippen molar-refractivity contribution >= 4 is 11.6 Å². The first-order chi connectivity index (χ1) is 8.88. The Morgan fingerprint density at radius 3 is 2.42 bits per heavy atom. The van der Waals surface area contributed by atoms with Gasteiger partial charge in [0.05, 0.1) is 5.92 Å². The molecular weight excluding hydrogens is 277 g/mol. The van der Waals surface area contributed by atoms with E-state index in [1.54, 1.807) is 12.3 Å². The summed E-state index contributed by atoms with van der Waals surface area (Å²) >= 11 is 5.72. The lowest BCUT2D eigenvalue weighted by Crippen LogP contribution is -2.40. The summed E-state index contributed by atoms with van der Waals surface area (Å²) in [6, 6.07) is 3.64. The van der Waals surface area contributed by atoms with Gasteiger partial charge < -0.3 is 0 Å². The molecule has 1 atom stereocenters. The lowest BCUT2D eigenvalue weighted by atomic mass is 9.94. The fourth-order valence-corrected chi connectivity index (χ4v) is 2.57. The number of alkyl halides is 3. The van der Waals surface area contributed by atoms with Crippen molar-refractivity contribution in [3.63, 3.8) is 0 Å². The van der Waals surface area contributed by atoms with Crippen molar-refractivity contribution in [2.45, 2.75) is 32.0 Å². The van der Waals surface area contributed by atoms with Crippen molar-refractivity contribution in [1.82, 2.24) is 9.88 Å². The van der Waals surface area contributed by atoms with Gasteiger partial charge in [-0.1, -0.05) is 17.7 Å². The SMILES string of the molecule is CC(c1ccc(Cl)nc1)N1CCC(C(F)(F)F)CC1. The standard InChI is InChI=1S/C13H16ClF3N2/c1-9(10-2-3-12(14)18-8-10)19-6-4-11(5-7-19)13(15,16)17/h2-3,8-9,11H,4-7H2,1H3. The lowest BCUT2D eigenvalue weighted by Gasteiger charge is -2.36. The Bertz CT molecular complexity index is 411. The van der Waals surface area contributed by atoms with Crippen LogP contribution in [0.2, 0.25) is 5.15 Å². The number of piperidine rings is 1. The van der Waals surface area contributed by atoms with Crippen LogP contribution in [-0.4, -0.2) is 29.1 Å². The van der Waals surface area contributed by atoms with Crippen LogP contribution in [0.5, 0.6) is 0 Å². The van der Waals surface area contributed by atoms with E-state index in [1.807, 2.05) is 13.0 Å². The number of hydrogen-bond acceptors (Lipinski definition) is 2. The Morgan fingerprint density at radius 1 is 1.32 bits per heavy atom. The summed E-state index contributed by atoms with van der Waals surface area (Å²) in [5.41, 5.74) is 0.981. The summed E-state index contributed by atoms with van der Waals surface area (Å²) in [7, 11) is 0. The molecule has 1 aliphatic rings. The van der Waals surface area contributed by atoms with Gasteiger partial charge >= 0.3 is 6.18 Å². The van der Waals surface area contributed by atoms with Crippen molar-refractivity contribution < 1.29 is 13.2 Å². The molecule has 19 heavy (non-hydrogen) atoms. The van der Waals surface area contributed by atoms with Crippen molar-refractivity contribution in [2.75, 3.05) is 13.1 Å². The molecule has 0 saturated carbocycles. The molecule has 1 aromatic rings. The minimum atomic E-state index is -4.06. The van der Waals surface area contributed by atoms with Gasteiger partial charge in [0.15, 0.2) is 0 Å². The zero-order valence-electron chi connectivity index (χ0n) is 10.6. The van der Waals surface area contributed by atoms with E-state index >= 15 is 0 Å². The van der Waals surface area contributed by atoms with Crippen LogP contribution >= 0.6 is 11.6 Å². The third-order valence-corrected chi connectivity index (χ3v) is 4.00. The summed E-state index contributed by atoms with van der Waals surface area (Å²) in [5.74, 6) is -1.15. The first kappa shape index (κ1) is 14.6. The van der Waals surface area contributed by atoms with Crippen LogP contribution in [0.25, 0.3) is 0 Å². The maximum Gasteiger partial charge on any atom is 0.391 e. The number of pyridine rings is 1. The second kappa shape index (κ2) is 5.67. The minimum Gasteiger partial charge on any atom is -0.297 e. The highest BCUT2D eigenvalue weighted by atomic mass is 35.5. The Labute approximate surface area is 115 Å². The molecular formula is C13H16ClF3N2. The van der Waals surface area contributed by atoms with Gasteiger partial charge in [0.25, 0.3) is 0 Å². The van der Waals surface area contributed by atoms with E-state index in [0.717, 1.165) is 5.56 Å². The predicted molar refractivity (Wildman–Crippen MR) is 68.0 cm³/mol. The quantitative estimate of drug-likeness (QED) is 0.764. The number of likely N-dealkylation sites (tertiary alicyclic amines) is 1. The molecule has 1 fully saturated rings. The van der Waals surface area contributed by atoms with E-state index in [4.69, 9.17) is 11.6 Å². The zero-order chi connectivity index (χ0) is 14.0. The fraction of sp³-hybridized carbons (Fsp3) is 0.615. The van der Waals surface area contributed by atoms with Gasteiger partial charge in [-0.15, -0.1) is 0 Å². The summed E-state index contributed by atoms with van der Waals surface area (Å²) in [6.45, 7) is 2.92. The van der Waals surface area contributed by atoms with E-state index < -0.39 is 12.1 Å². The molecule has 0 amide bonds. The van der Waals surface area contributed by atoms with Crippen molar-refractivity contribution in [2.24, 2.45) is 5.92 Å². The van der Waals surface area contributed by atoms with Gasteiger partial charge in [-0.2, -0.15) is 13.2 Å². The summed E-state index contributed by atoms with van der Waals surface area (Å²) < 4.78 is 37.8. The summed E-state index contributed by atoms with van der Waals surface area (Å²) in [4.78, 5) is 6.07. The average molecular weight is 293 g/mol. The highest BCUT2D eigenvalue weighted by Gasteiger charge is 2.41. The third kappa shape index (κ3) is 3.60. The minimum absolute atomic E-state index is 0.0685. The van der Waals surface area contributed by atoms with Crippen LogP contribution in [0.4, 0.5) is 13.2 Å². The van der Waals surface area contributed by atoms with E-state index in [1.165, 1.54) is 0 Å². The van der Waals surface area contributed by atoms with Crippen molar-refractivity contribution in [1.29, 1.82) is 0 Å². The molecule has 2 rings (SSSR count). The van der Waals surface area contributed by atoms with Crippen LogP contribution in [0.1, 0.15) is 31.4 Å². The maximum absolute atomic E-state index is 12.6. The molecule has 106 valence electrons. The number of rotatable bonds is 2. The summed E-state index contributed by atoms with van der Waals surface area (Å²) in [5, 5.41) is 0.423. The molecule has 1 aromatic heterocycles. The summed E-state index contributed by atoms with van der Waals surface area (Å²) in [6.07, 6.45) is -2.02. The number of aromatic nitrogens is 1. The zero-order valence-corrected chi connectivity index (χ0v) is 11.4. The van der Waals surface area contributed by atoms with E-state index in [0.29, 0.717) is 18.2 Å². The van der Waals surface area contributed by atoms with Gasteiger partial charge in [-0.3, -0.25) is 4.90 Å².